The average Bonchev–Trinajstić information content (AvgIpc) is 3.21. The van der Waals surface area contributed by atoms with Crippen molar-refractivity contribution in [2.75, 3.05) is 6.61 Å². The van der Waals surface area contributed by atoms with Gasteiger partial charge >= 0.3 is 0 Å². The van der Waals surface area contributed by atoms with Gasteiger partial charge < -0.3 is 19.5 Å². The summed E-state index contributed by atoms with van der Waals surface area (Å²) in [6.07, 6.45) is 5.63. The molecule has 10 heteroatoms. The van der Waals surface area contributed by atoms with E-state index in [9.17, 15) is 9.59 Å². The molecule has 1 aliphatic carbocycles. The number of fused-ring (bicyclic) bond motifs is 2. The molecule has 2 aromatic carbocycles. The molecular weight excluding hydrogens is 593 g/mol. The molecule has 4 heterocycles. The first kappa shape index (κ1) is 30.7. The quantitative estimate of drug-likeness (QED) is 0.197. The molecule has 0 radical (unpaired) electrons. The van der Waals surface area contributed by atoms with Gasteiger partial charge in [0.25, 0.3) is 0 Å². The number of rotatable bonds is 8. The Labute approximate surface area is 261 Å². The van der Waals surface area contributed by atoms with Gasteiger partial charge in [0.05, 0.1) is 6.61 Å². The van der Waals surface area contributed by atoms with Crippen molar-refractivity contribution < 1.29 is 33.6 Å². The Bertz CT molecular complexity index is 1380. The van der Waals surface area contributed by atoms with E-state index in [1.807, 2.05) is 6.92 Å². The standard InChI is InChI=1S/C33H37Cl2NO7/c1-19-7-13-25-20(2)30(40-31-33(25)24(19)15-16-32(3,41-31)42-43-33)36-29(38)18-39-17-21-8-10-22(11-9-21)28(37)14-12-23-26(34)5-4-6-27(23)35/h4-6,8-12,14,19-20,24-25,30-31H,7,13,15-18H2,1-3H3,(H,36,38)/b14-12+/t19-,20-,24+,25+,30+,31-,32-,33-/m1/s1. The second-order valence-electron chi connectivity index (χ2n) is 12.4. The van der Waals surface area contributed by atoms with Gasteiger partial charge in [0.15, 0.2) is 17.7 Å². The number of benzene rings is 2. The van der Waals surface area contributed by atoms with E-state index in [4.69, 9.17) is 47.2 Å². The molecule has 0 aromatic heterocycles. The summed E-state index contributed by atoms with van der Waals surface area (Å²) in [7, 11) is 0. The first-order chi connectivity index (χ1) is 20.6. The van der Waals surface area contributed by atoms with Crippen LogP contribution in [0.4, 0.5) is 0 Å². The molecular formula is C33H37Cl2NO7. The molecule has 1 amide bonds. The maximum Gasteiger partial charge on any atom is 0.248 e. The van der Waals surface area contributed by atoms with Crippen LogP contribution >= 0.6 is 23.2 Å². The molecule has 0 unspecified atom stereocenters. The van der Waals surface area contributed by atoms with Crippen LogP contribution in [0.5, 0.6) is 0 Å². The highest BCUT2D eigenvalue weighted by molar-refractivity contribution is 6.37. The molecule has 7 rings (SSSR count). The van der Waals surface area contributed by atoms with Gasteiger partial charge in [0.1, 0.15) is 12.8 Å². The zero-order valence-electron chi connectivity index (χ0n) is 24.5. The topological polar surface area (TPSA) is 92.3 Å². The second-order valence-corrected chi connectivity index (χ2v) is 13.2. The van der Waals surface area contributed by atoms with Crippen LogP contribution in [0.15, 0.2) is 48.5 Å². The van der Waals surface area contributed by atoms with E-state index < -0.39 is 23.9 Å². The number of carbonyl (C=O) groups excluding carboxylic acids is 2. The number of ether oxygens (including phenoxy) is 3. The third-order valence-electron chi connectivity index (χ3n) is 9.60. The van der Waals surface area contributed by atoms with Crippen molar-refractivity contribution in [1.29, 1.82) is 0 Å². The molecule has 2 bridgehead atoms. The molecule has 230 valence electrons. The lowest BCUT2D eigenvalue weighted by molar-refractivity contribution is -0.571. The van der Waals surface area contributed by atoms with Gasteiger partial charge in [0, 0.05) is 39.4 Å². The summed E-state index contributed by atoms with van der Waals surface area (Å²) in [5.41, 5.74) is 1.27. The molecule has 5 fully saturated rings. The van der Waals surface area contributed by atoms with Crippen molar-refractivity contribution in [2.45, 2.75) is 77.0 Å². The highest BCUT2D eigenvalue weighted by Crippen LogP contribution is 2.60. The zero-order chi connectivity index (χ0) is 30.4. The third-order valence-corrected chi connectivity index (χ3v) is 10.3. The van der Waals surface area contributed by atoms with Gasteiger partial charge in [0.2, 0.25) is 11.7 Å². The fourth-order valence-electron chi connectivity index (χ4n) is 7.22. The van der Waals surface area contributed by atoms with Crippen LogP contribution in [-0.2, 0) is 35.4 Å². The summed E-state index contributed by atoms with van der Waals surface area (Å²) in [4.78, 5) is 37.6. The van der Waals surface area contributed by atoms with E-state index >= 15 is 0 Å². The third kappa shape index (κ3) is 5.91. The number of hydrogen-bond acceptors (Lipinski definition) is 7. The molecule has 2 aromatic rings. The van der Waals surface area contributed by atoms with Crippen molar-refractivity contribution in [2.24, 2.45) is 23.7 Å². The number of halogens is 2. The molecule has 1 saturated carbocycles. The smallest absolute Gasteiger partial charge is 0.248 e. The van der Waals surface area contributed by atoms with Crippen molar-refractivity contribution in [3.05, 3.63) is 75.3 Å². The van der Waals surface area contributed by atoms with E-state index in [-0.39, 0.29) is 42.7 Å². The predicted octanol–water partition coefficient (Wildman–Crippen LogP) is 6.73. The van der Waals surface area contributed by atoms with Crippen LogP contribution in [0.25, 0.3) is 6.08 Å². The number of ketones is 1. The normalized spacial score (nSPS) is 34.9. The fraction of sp³-hybridized carbons (Fsp3) is 0.515. The number of allylic oxidation sites excluding steroid dienone is 1. The summed E-state index contributed by atoms with van der Waals surface area (Å²) < 4.78 is 18.5. The van der Waals surface area contributed by atoms with Crippen LogP contribution < -0.4 is 5.32 Å². The van der Waals surface area contributed by atoms with Crippen molar-refractivity contribution in [3.63, 3.8) is 0 Å². The van der Waals surface area contributed by atoms with Crippen LogP contribution in [0, 0.1) is 23.7 Å². The lowest BCUT2D eigenvalue weighted by Crippen LogP contribution is -2.72. The Kier molecular flexibility index (Phi) is 8.74. The summed E-state index contributed by atoms with van der Waals surface area (Å²) in [6, 6.07) is 12.2. The lowest BCUT2D eigenvalue weighted by atomic mass is 9.58. The van der Waals surface area contributed by atoms with Crippen molar-refractivity contribution in [3.8, 4) is 0 Å². The Morgan fingerprint density at radius 1 is 1.02 bits per heavy atom. The number of carbonyl (C=O) groups is 2. The van der Waals surface area contributed by atoms with Gasteiger partial charge in [-0.25, -0.2) is 9.78 Å². The zero-order valence-corrected chi connectivity index (χ0v) is 26.0. The maximum absolute atomic E-state index is 12.9. The van der Waals surface area contributed by atoms with Crippen molar-refractivity contribution >= 4 is 41.0 Å². The molecule has 43 heavy (non-hydrogen) atoms. The monoisotopic (exact) mass is 629 g/mol. The van der Waals surface area contributed by atoms with Gasteiger partial charge in [-0.15, -0.1) is 0 Å². The highest BCUT2D eigenvalue weighted by atomic mass is 35.5. The molecule has 5 aliphatic rings. The van der Waals surface area contributed by atoms with E-state index in [0.29, 0.717) is 27.1 Å². The Balaban J connectivity index is 1.02. The largest absolute Gasteiger partial charge is 0.367 e. The van der Waals surface area contributed by atoms with Crippen LogP contribution in [0.2, 0.25) is 10.0 Å². The second kappa shape index (κ2) is 12.2. The highest BCUT2D eigenvalue weighted by Gasteiger charge is 2.69. The maximum atomic E-state index is 12.9. The molecule has 8 nitrogen and oxygen atoms in total. The van der Waals surface area contributed by atoms with E-state index in [2.05, 4.69) is 19.2 Å². The summed E-state index contributed by atoms with van der Waals surface area (Å²) >= 11 is 12.4. The fourth-order valence-corrected chi connectivity index (χ4v) is 7.75. The molecule has 8 atom stereocenters. The first-order valence-electron chi connectivity index (χ1n) is 14.9. The minimum absolute atomic E-state index is 0.00192. The van der Waals surface area contributed by atoms with E-state index in [1.54, 1.807) is 48.5 Å². The predicted molar refractivity (Wildman–Crippen MR) is 161 cm³/mol. The number of hydrogen-bond donors (Lipinski definition) is 1. The first-order valence-corrected chi connectivity index (χ1v) is 15.7. The van der Waals surface area contributed by atoms with Gasteiger partial charge in [-0.3, -0.25) is 9.59 Å². The van der Waals surface area contributed by atoms with Crippen LogP contribution in [0.3, 0.4) is 0 Å². The van der Waals surface area contributed by atoms with Gasteiger partial charge in [-0.2, -0.15) is 0 Å². The Hall–Kier alpha value is -2.30. The lowest BCUT2D eigenvalue weighted by Gasteiger charge is -2.60. The SMILES string of the molecule is C[C@H]1[C@@H](NC(=O)COCc2ccc(C(=O)/C=C/c3c(Cl)cccc3Cl)cc2)O[C@@H]2O[C@@]3(C)CC[C@H]4[C@H](C)CC[C@@H]1[C@@]24OO3. The number of amides is 1. The number of nitrogens with one attached hydrogen (secondary N) is 1. The van der Waals surface area contributed by atoms with Gasteiger partial charge in [-0.1, -0.05) is 67.4 Å². The van der Waals surface area contributed by atoms with Crippen molar-refractivity contribution in [1.82, 2.24) is 5.32 Å². The molecule has 1 spiro atoms. The minimum atomic E-state index is -0.866. The minimum Gasteiger partial charge on any atom is -0.367 e. The van der Waals surface area contributed by atoms with Crippen LogP contribution in [-0.4, -0.2) is 42.2 Å². The van der Waals surface area contributed by atoms with E-state index in [0.717, 1.165) is 31.2 Å². The van der Waals surface area contributed by atoms with E-state index in [1.165, 1.54) is 6.08 Å². The molecule has 4 saturated heterocycles. The summed E-state index contributed by atoms with van der Waals surface area (Å²) in [6.45, 7) is 6.34. The Morgan fingerprint density at radius 3 is 2.51 bits per heavy atom. The summed E-state index contributed by atoms with van der Waals surface area (Å²) in [5, 5.41) is 3.96. The molecule has 1 N–H and O–H groups in total. The van der Waals surface area contributed by atoms with Crippen LogP contribution in [0.1, 0.15) is 67.9 Å². The average molecular weight is 631 g/mol. The summed E-state index contributed by atoms with van der Waals surface area (Å²) in [5.74, 6) is -0.459. The van der Waals surface area contributed by atoms with Gasteiger partial charge in [-0.05, 0) is 67.9 Å². The Morgan fingerprint density at radius 2 is 1.77 bits per heavy atom. The molecule has 4 aliphatic heterocycles.